The molecule has 1 aromatic rings. The quantitative estimate of drug-likeness (QED) is 0.829. The molecule has 1 N–H and O–H groups in total. The van der Waals surface area contributed by atoms with Gasteiger partial charge in [0, 0.05) is 6.04 Å². The number of halogens is 2. The Morgan fingerprint density at radius 1 is 1.47 bits per heavy atom. The topological polar surface area (TPSA) is 12.0 Å². The zero-order valence-corrected chi connectivity index (χ0v) is 10.1. The fourth-order valence-corrected chi connectivity index (χ4v) is 1.91. The van der Waals surface area contributed by atoms with Crippen LogP contribution < -0.4 is 5.32 Å². The van der Waals surface area contributed by atoms with Crippen LogP contribution >= 0.6 is 11.6 Å². The zero-order chi connectivity index (χ0) is 11.4. The van der Waals surface area contributed by atoms with Crippen molar-refractivity contribution < 1.29 is 4.39 Å². The maximum Gasteiger partial charge on any atom is 0.141 e. The highest BCUT2D eigenvalue weighted by Crippen LogP contribution is 2.27. The van der Waals surface area contributed by atoms with Crippen molar-refractivity contribution in [3.8, 4) is 0 Å². The predicted molar refractivity (Wildman–Crippen MR) is 62.7 cm³/mol. The number of hydrogen-bond donors (Lipinski definition) is 1. The summed E-state index contributed by atoms with van der Waals surface area (Å²) in [5.41, 5.74) is 1.04. The molecular formula is C12H17ClFN. The molecule has 0 saturated carbocycles. The number of nitrogens with one attached hydrogen (secondary N) is 1. The van der Waals surface area contributed by atoms with Gasteiger partial charge in [-0.05, 0) is 30.7 Å². The van der Waals surface area contributed by atoms with Gasteiger partial charge in [0.2, 0.25) is 0 Å². The summed E-state index contributed by atoms with van der Waals surface area (Å²) in [4.78, 5) is 0. The van der Waals surface area contributed by atoms with Crippen molar-refractivity contribution in [2.75, 3.05) is 7.05 Å². The smallest absolute Gasteiger partial charge is 0.141 e. The largest absolute Gasteiger partial charge is 0.313 e. The van der Waals surface area contributed by atoms with E-state index in [0.29, 0.717) is 5.92 Å². The number of benzene rings is 1. The molecule has 0 aliphatic rings. The second kappa shape index (κ2) is 5.47. The predicted octanol–water partition coefficient (Wildman–Crippen LogP) is 3.79. The first-order valence-corrected chi connectivity index (χ1v) is 5.60. The normalized spacial score (nSPS) is 15.0. The van der Waals surface area contributed by atoms with Crippen LogP contribution in [0.15, 0.2) is 18.2 Å². The third kappa shape index (κ3) is 2.93. The summed E-state index contributed by atoms with van der Waals surface area (Å²) in [6, 6.07) is 5.14. The molecule has 3 heteroatoms. The van der Waals surface area contributed by atoms with E-state index in [9.17, 15) is 4.39 Å². The maximum atomic E-state index is 13.0. The Labute approximate surface area is 95.6 Å². The van der Waals surface area contributed by atoms with Gasteiger partial charge >= 0.3 is 0 Å². The first-order valence-electron chi connectivity index (χ1n) is 5.22. The molecule has 0 bridgehead atoms. The van der Waals surface area contributed by atoms with Crippen LogP contribution in [0.25, 0.3) is 0 Å². The van der Waals surface area contributed by atoms with Crippen molar-refractivity contribution in [3.05, 3.63) is 34.6 Å². The molecule has 84 valence electrons. The lowest BCUT2D eigenvalue weighted by Gasteiger charge is -2.23. The molecule has 2 atom stereocenters. The van der Waals surface area contributed by atoms with Crippen LogP contribution in [-0.2, 0) is 0 Å². The Morgan fingerprint density at radius 3 is 2.60 bits per heavy atom. The minimum absolute atomic E-state index is 0.191. The highest BCUT2D eigenvalue weighted by atomic mass is 35.5. The second-order valence-electron chi connectivity index (χ2n) is 3.83. The Kier molecular flexibility index (Phi) is 4.55. The first kappa shape index (κ1) is 12.5. The summed E-state index contributed by atoms with van der Waals surface area (Å²) < 4.78 is 13.0. The summed E-state index contributed by atoms with van der Waals surface area (Å²) in [7, 11) is 1.91. The molecule has 0 spiro atoms. The van der Waals surface area contributed by atoms with Crippen LogP contribution in [0.1, 0.15) is 31.9 Å². The maximum absolute atomic E-state index is 13.0. The molecule has 0 saturated heterocycles. The zero-order valence-electron chi connectivity index (χ0n) is 9.35. The summed E-state index contributed by atoms with van der Waals surface area (Å²) in [5.74, 6) is 0.135. The lowest BCUT2D eigenvalue weighted by molar-refractivity contribution is 0.400. The molecule has 0 aliphatic heterocycles. The third-order valence-corrected chi connectivity index (χ3v) is 3.12. The molecule has 15 heavy (non-hydrogen) atoms. The minimum atomic E-state index is -0.362. The molecule has 2 unspecified atom stereocenters. The van der Waals surface area contributed by atoms with Gasteiger partial charge in [0.25, 0.3) is 0 Å². The van der Waals surface area contributed by atoms with Crippen molar-refractivity contribution in [2.24, 2.45) is 5.92 Å². The minimum Gasteiger partial charge on any atom is -0.313 e. The molecule has 1 rings (SSSR count). The molecule has 1 nitrogen and oxygen atoms in total. The Hall–Kier alpha value is -0.600. The second-order valence-corrected chi connectivity index (χ2v) is 4.23. The van der Waals surface area contributed by atoms with E-state index in [1.165, 1.54) is 6.07 Å². The van der Waals surface area contributed by atoms with Crippen LogP contribution in [0.5, 0.6) is 0 Å². The van der Waals surface area contributed by atoms with Gasteiger partial charge in [0.15, 0.2) is 0 Å². The van der Waals surface area contributed by atoms with Gasteiger partial charge in [-0.3, -0.25) is 0 Å². The van der Waals surface area contributed by atoms with Gasteiger partial charge in [0.1, 0.15) is 5.82 Å². The standard InChI is InChI=1S/C12H17ClFN/c1-4-8(2)12(15-3)9-5-6-11(14)10(13)7-9/h5-8,12,15H,4H2,1-3H3. The SMILES string of the molecule is CCC(C)C(NC)c1ccc(F)c(Cl)c1. The molecular weight excluding hydrogens is 213 g/mol. The highest BCUT2D eigenvalue weighted by Gasteiger charge is 2.16. The van der Waals surface area contributed by atoms with Gasteiger partial charge in [-0.2, -0.15) is 0 Å². The van der Waals surface area contributed by atoms with E-state index in [1.807, 2.05) is 7.05 Å². The van der Waals surface area contributed by atoms with E-state index in [-0.39, 0.29) is 16.9 Å². The molecule has 0 aliphatic carbocycles. The molecule has 0 heterocycles. The van der Waals surface area contributed by atoms with Crippen LogP contribution in [0.2, 0.25) is 5.02 Å². The van der Waals surface area contributed by atoms with Crippen molar-refractivity contribution in [2.45, 2.75) is 26.3 Å². The van der Waals surface area contributed by atoms with Crippen molar-refractivity contribution in [1.82, 2.24) is 5.32 Å². The van der Waals surface area contributed by atoms with Crippen LogP contribution in [0.3, 0.4) is 0 Å². The van der Waals surface area contributed by atoms with E-state index in [4.69, 9.17) is 11.6 Å². The third-order valence-electron chi connectivity index (χ3n) is 2.83. The average Bonchev–Trinajstić information content (AvgIpc) is 2.24. The van der Waals surface area contributed by atoms with E-state index < -0.39 is 0 Å². The molecule has 0 aromatic heterocycles. The van der Waals surface area contributed by atoms with Crippen LogP contribution in [-0.4, -0.2) is 7.05 Å². The molecule has 1 aromatic carbocycles. The van der Waals surface area contributed by atoms with Crippen molar-refractivity contribution in [1.29, 1.82) is 0 Å². The number of hydrogen-bond acceptors (Lipinski definition) is 1. The van der Waals surface area contributed by atoms with E-state index in [2.05, 4.69) is 19.2 Å². The lowest BCUT2D eigenvalue weighted by Crippen LogP contribution is -2.23. The Bertz CT molecular complexity index is 327. The summed E-state index contributed by atoms with van der Waals surface area (Å²) in [5, 5.41) is 3.43. The Morgan fingerprint density at radius 2 is 2.13 bits per heavy atom. The van der Waals surface area contributed by atoms with Crippen LogP contribution in [0, 0.1) is 11.7 Å². The van der Waals surface area contributed by atoms with Gasteiger partial charge in [-0.15, -0.1) is 0 Å². The van der Waals surface area contributed by atoms with Gasteiger partial charge < -0.3 is 5.32 Å². The number of rotatable bonds is 4. The van der Waals surface area contributed by atoms with Crippen LogP contribution in [0.4, 0.5) is 4.39 Å². The van der Waals surface area contributed by atoms with E-state index in [0.717, 1.165) is 12.0 Å². The van der Waals surface area contributed by atoms with E-state index >= 15 is 0 Å². The molecule has 0 fully saturated rings. The Balaban J connectivity index is 2.97. The average molecular weight is 230 g/mol. The fraction of sp³-hybridized carbons (Fsp3) is 0.500. The van der Waals surface area contributed by atoms with E-state index in [1.54, 1.807) is 12.1 Å². The van der Waals surface area contributed by atoms with Crippen molar-refractivity contribution >= 4 is 11.6 Å². The molecule has 0 amide bonds. The summed E-state index contributed by atoms with van der Waals surface area (Å²) in [6.07, 6.45) is 1.07. The summed E-state index contributed by atoms with van der Waals surface area (Å²) >= 11 is 5.76. The van der Waals surface area contributed by atoms with Gasteiger partial charge in [-0.1, -0.05) is 37.9 Å². The van der Waals surface area contributed by atoms with Gasteiger partial charge in [0.05, 0.1) is 5.02 Å². The van der Waals surface area contributed by atoms with Crippen molar-refractivity contribution in [3.63, 3.8) is 0 Å². The monoisotopic (exact) mass is 229 g/mol. The summed E-state index contributed by atoms with van der Waals surface area (Å²) in [6.45, 7) is 4.30. The van der Waals surface area contributed by atoms with Gasteiger partial charge in [-0.25, -0.2) is 4.39 Å². The molecule has 0 radical (unpaired) electrons. The fourth-order valence-electron chi connectivity index (χ4n) is 1.72. The lowest BCUT2D eigenvalue weighted by atomic mass is 9.93. The highest BCUT2D eigenvalue weighted by molar-refractivity contribution is 6.30. The first-order chi connectivity index (χ1) is 7.10.